The maximum Gasteiger partial charge on any atom is 0.212 e. The molecule has 2 aromatic heterocycles. The average molecular weight is 351 g/mol. The Morgan fingerprint density at radius 3 is 2.56 bits per heavy atom. The fraction of sp³-hybridized carbons (Fsp3) is 0.0526. The Labute approximate surface area is 148 Å². The number of methoxy groups -OCH3 is 1. The van der Waals surface area contributed by atoms with Crippen LogP contribution in [0.15, 0.2) is 60.9 Å². The number of rotatable bonds is 3. The predicted octanol–water partition coefficient (Wildman–Crippen LogP) is 4.87. The third-order valence-electron chi connectivity index (χ3n) is 4.06. The first-order valence-electron chi connectivity index (χ1n) is 7.67. The van der Waals surface area contributed by atoms with Crippen molar-refractivity contribution in [1.29, 1.82) is 0 Å². The van der Waals surface area contributed by atoms with Gasteiger partial charge in [0.25, 0.3) is 0 Å². The molecule has 0 unspecified atom stereocenters. The van der Waals surface area contributed by atoms with Crippen LogP contribution in [0.5, 0.6) is 5.75 Å². The molecule has 0 atom stereocenters. The second-order valence-corrected chi connectivity index (χ2v) is 5.93. The summed E-state index contributed by atoms with van der Waals surface area (Å²) in [5.41, 5.74) is 2.88. The van der Waals surface area contributed by atoms with Gasteiger partial charge >= 0.3 is 0 Å². The molecular weight excluding hydrogens is 337 g/mol. The van der Waals surface area contributed by atoms with Gasteiger partial charge in [-0.1, -0.05) is 30.4 Å². The summed E-state index contributed by atoms with van der Waals surface area (Å²) in [5.74, 6) is 1.08. The first-order chi connectivity index (χ1) is 12.2. The zero-order valence-corrected chi connectivity index (χ0v) is 14.2. The second-order valence-electron chi connectivity index (χ2n) is 5.55. The van der Waals surface area contributed by atoms with Crippen LogP contribution in [0.4, 0.5) is 4.39 Å². The summed E-state index contributed by atoms with van der Waals surface area (Å²) in [5, 5.41) is 0. The molecule has 0 amide bonds. The van der Waals surface area contributed by atoms with E-state index in [9.17, 15) is 4.39 Å². The number of hydrogen-bond acceptors (Lipinski definition) is 3. The normalized spacial score (nSPS) is 11.0. The SMILES string of the molecule is COc1ccc(-c2cn3c(=S)c(-c4ccccc4F)cnc3[nH]2)cc1. The molecule has 124 valence electrons. The van der Waals surface area contributed by atoms with Gasteiger partial charge in [0.15, 0.2) is 0 Å². The maximum atomic E-state index is 14.1. The molecule has 2 heterocycles. The highest BCUT2D eigenvalue weighted by Gasteiger charge is 2.11. The van der Waals surface area contributed by atoms with Gasteiger partial charge in [0.1, 0.15) is 16.2 Å². The van der Waals surface area contributed by atoms with Crippen molar-refractivity contribution < 1.29 is 9.13 Å². The van der Waals surface area contributed by atoms with E-state index in [2.05, 4.69) is 9.97 Å². The van der Waals surface area contributed by atoms with Crippen LogP contribution >= 0.6 is 12.2 Å². The highest BCUT2D eigenvalue weighted by Crippen LogP contribution is 2.26. The topological polar surface area (TPSA) is 42.3 Å². The van der Waals surface area contributed by atoms with E-state index in [4.69, 9.17) is 17.0 Å². The van der Waals surface area contributed by atoms with Gasteiger partial charge in [-0.3, -0.25) is 4.40 Å². The van der Waals surface area contributed by atoms with E-state index in [1.54, 1.807) is 35.9 Å². The number of nitrogens with zero attached hydrogens (tertiary/aromatic N) is 2. The van der Waals surface area contributed by atoms with Crippen LogP contribution in [-0.2, 0) is 0 Å². The molecule has 6 heteroatoms. The quantitative estimate of drug-likeness (QED) is 0.535. The third kappa shape index (κ3) is 2.70. The Balaban J connectivity index is 1.85. The number of ether oxygens (including phenoxy) is 1. The lowest BCUT2D eigenvalue weighted by molar-refractivity contribution is 0.415. The lowest BCUT2D eigenvalue weighted by atomic mass is 10.1. The Hall–Kier alpha value is -2.99. The minimum atomic E-state index is -0.318. The number of hydrogen-bond donors (Lipinski definition) is 1. The molecule has 0 bridgehead atoms. The van der Waals surface area contributed by atoms with Crippen molar-refractivity contribution in [1.82, 2.24) is 14.4 Å². The number of halogens is 1. The van der Waals surface area contributed by atoms with E-state index < -0.39 is 0 Å². The molecular formula is C19H14FN3OS. The first kappa shape index (κ1) is 15.5. The van der Waals surface area contributed by atoms with E-state index in [0.717, 1.165) is 17.0 Å². The molecule has 0 spiro atoms. The van der Waals surface area contributed by atoms with Crippen LogP contribution in [-0.4, -0.2) is 21.5 Å². The Morgan fingerprint density at radius 1 is 1.08 bits per heavy atom. The fourth-order valence-electron chi connectivity index (χ4n) is 2.74. The van der Waals surface area contributed by atoms with Gasteiger partial charge in [0.2, 0.25) is 5.78 Å². The highest BCUT2D eigenvalue weighted by molar-refractivity contribution is 7.71. The molecule has 4 rings (SSSR count). The van der Waals surface area contributed by atoms with Crippen molar-refractivity contribution in [2.24, 2.45) is 0 Å². The highest BCUT2D eigenvalue weighted by atomic mass is 32.1. The van der Waals surface area contributed by atoms with E-state index >= 15 is 0 Å². The molecule has 0 aliphatic carbocycles. The number of imidazole rings is 1. The van der Waals surface area contributed by atoms with Gasteiger partial charge in [-0.2, -0.15) is 0 Å². The summed E-state index contributed by atoms with van der Waals surface area (Å²) >= 11 is 5.55. The summed E-state index contributed by atoms with van der Waals surface area (Å²) in [6.07, 6.45) is 3.47. The summed E-state index contributed by atoms with van der Waals surface area (Å²) < 4.78 is 21.5. The fourth-order valence-corrected chi connectivity index (χ4v) is 3.05. The van der Waals surface area contributed by atoms with Gasteiger partial charge in [0.05, 0.1) is 12.8 Å². The molecule has 0 fully saturated rings. The first-order valence-corrected chi connectivity index (χ1v) is 8.08. The van der Waals surface area contributed by atoms with Gasteiger partial charge < -0.3 is 9.72 Å². The number of aromatic amines is 1. The minimum absolute atomic E-state index is 0.318. The zero-order chi connectivity index (χ0) is 17.4. The predicted molar refractivity (Wildman–Crippen MR) is 97.8 cm³/mol. The Bertz CT molecular complexity index is 1120. The number of nitrogens with one attached hydrogen (secondary N) is 1. The van der Waals surface area contributed by atoms with Gasteiger partial charge in [-0.15, -0.1) is 0 Å². The van der Waals surface area contributed by atoms with E-state index in [-0.39, 0.29) is 5.82 Å². The van der Waals surface area contributed by atoms with Crippen molar-refractivity contribution in [3.8, 4) is 28.1 Å². The van der Waals surface area contributed by atoms with Crippen molar-refractivity contribution in [2.75, 3.05) is 7.11 Å². The maximum absolute atomic E-state index is 14.1. The summed E-state index contributed by atoms with van der Waals surface area (Å²) in [6.45, 7) is 0. The molecule has 0 radical (unpaired) electrons. The molecule has 0 aliphatic heterocycles. The summed E-state index contributed by atoms with van der Waals surface area (Å²) in [6, 6.07) is 14.2. The van der Waals surface area contributed by atoms with Gasteiger partial charge in [-0.05, 0) is 35.9 Å². The zero-order valence-electron chi connectivity index (χ0n) is 13.4. The van der Waals surface area contributed by atoms with Crippen LogP contribution in [0, 0.1) is 10.5 Å². The van der Waals surface area contributed by atoms with Crippen LogP contribution in [0.3, 0.4) is 0 Å². The second kappa shape index (κ2) is 6.14. The standard InChI is InChI=1S/C19H14FN3OS/c1-24-13-8-6-12(7-9-13)17-11-23-18(25)15(10-21-19(23)22-17)14-4-2-3-5-16(14)20/h2-11H,1H3,(H,21,22). The number of fused-ring (bicyclic) bond motifs is 1. The van der Waals surface area contributed by atoms with Gasteiger partial charge in [-0.25, -0.2) is 9.37 Å². The third-order valence-corrected chi connectivity index (χ3v) is 4.48. The molecule has 2 aromatic carbocycles. The van der Waals surface area contributed by atoms with Crippen LogP contribution < -0.4 is 4.74 Å². The van der Waals surface area contributed by atoms with Crippen molar-refractivity contribution in [3.05, 3.63) is 71.4 Å². The van der Waals surface area contributed by atoms with Crippen LogP contribution in [0.2, 0.25) is 0 Å². The van der Waals surface area contributed by atoms with Crippen molar-refractivity contribution in [2.45, 2.75) is 0 Å². The monoisotopic (exact) mass is 351 g/mol. The Morgan fingerprint density at radius 2 is 1.84 bits per heavy atom. The minimum Gasteiger partial charge on any atom is -0.497 e. The summed E-state index contributed by atoms with van der Waals surface area (Å²) in [7, 11) is 1.63. The number of H-pyrrole nitrogens is 1. The van der Waals surface area contributed by atoms with E-state index in [1.807, 2.05) is 30.5 Å². The molecule has 1 N–H and O–H groups in total. The van der Waals surface area contributed by atoms with E-state index in [1.165, 1.54) is 6.07 Å². The molecule has 4 aromatic rings. The number of aromatic nitrogens is 3. The molecule has 0 saturated carbocycles. The summed E-state index contributed by atoms with van der Waals surface area (Å²) in [4.78, 5) is 7.62. The van der Waals surface area contributed by atoms with Crippen LogP contribution in [0.25, 0.3) is 28.2 Å². The average Bonchev–Trinajstić information content (AvgIpc) is 3.08. The van der Waals surface area contributed by atoms with Gasteiger partial charge in [0, 0.05) is 23.5 Å². The molecule has 4 nitrogen and oxygen atoms in total. The molecule has 0 saturated heterocycles. The molecule has 25 heavy (non-hydrogen) atoms. The van der Waals surface area contributed by atoms with Crippen molar-refractivity contribution >= 4 is 18.0 Å². The Kier molecular flexibility index (Phi) is 3.82. The smallest absolute Gasteiger partial charge is 0.212 e. The number of benzene rings is 2. The lowest BCUT2D eigenvalue weighted by Gasteiger charge is -2.04. The largest absolute Gasteiger partial charge is 0.497 e. The lowest BCUT2D eigenvalue weighted by Crippen LogP contribution is -1.94. The van der Waals surface area contributed by atoms with Crippen molar-refractivity contribution in [3.63, 3.8) is 0 Å². The molecule has 0 aliphatic rings. The van der Waals surface area contributed by atoms with Crippen LogP contribution in [0.1, 0.15) is 0 Å². The van der Waals surface area contributed by atoms with E-state index in [0.29, 0.717) is 21.5 Å².